The van der Waals surface area contributed by atoms with E-state index in [1.54, 1.807) is 0 Å². The molecule has 0 aliphatic rings. The number of anilines is 2. The molecule has 0 aliphatic carbocycles. The molecule has 0 atom stereocenters. The minimum absolute atomic E-state index is 1.04. The van der Waals surface area contributed by atoms with Gasteiger partial charge in [-0.15, -0.1) is 0 Å². The molecule has 0 bridgehead atoms. The van der Waals surface area contributed by atoms with Gasteiger partial charge in [-0.1, -0.05) is 30.3 Å². The van der Waals surface area contributed by atoms with E-state index in [1.165, 1.54) is 11.4 Å². The van der Waals surface area contributed by atoms with Gasteiger partial charge in [0.2, 0.25) is 0 Å². The third-order valence-electron chi connectivity index (χ3n) is 2.47. The molecular formula is C14H14N. The van der Waals surface area contributed by atoms with Crippen LogP contribution in [0.1, 0.15) is 5.56 Å². The molecule has 0 heterocycles. The highest BCUT2D eigenvalue weighted by molar-refractivity contribution is 5.62. The normalized spacial score (nSPS) is 10.0. The van der Waals surface area contributed by atoms with E-state index in [0.29, 0.717) is 0 Å². The van der Waals surface area contributed by atoms with E-state index in [2.05, 4.69) is 43.1 Å². The van der Waals surface area contributed by atoms with Crippen molar-refractivity contribution in [2.24, 2.45) is 0 Å². The Kier molecular flexibility index (Phi) is 2.72. The number of rotatable bonds is 2. The van der Waals surface area contributed by atoms with Gasteiger partial charge in [0.25, 0.3) is 0 Å². The summed E-state index contributed by atoms with van der Waals surface area (Å²) in [7, 11) is 2.06. The Hall–Kier alpha value is -1.76. The highest BCUT2D eigenvalue weighted by Gasteiger charge is 2.01. The van der Waals surface area contributed by atoms with Crippen molar-refractivity contribution < 1.29 is 0 Å². The molecule has 15 heavy (non-hydrogen) atoms. The van der Waals surface area contributed by atoms with E-state index in [4.69, 9.17) is 0 Å². The molecule has 0 amide bonds. The molecule has 2 aromatic rings. The van der Waals surface area contributed by atoms with Gasteiger partial charge in [0.15, 0.2) is 0 Å². The maximum absolute atomic E-state index is 3.88. The van der Waals surface area contributed by atoms with E-state index in [-0.39, 0.29) is 0 Å². The first-order valence-electron chi connectivity index (χ1n) is 4.98. The van der Waals surface area contributed by atoms with Crippen molar-refractivity contribution in [1.29, 1.82) is 0 Å². The fourth-order valence-corrected chi connectivity index (χ4v) is 1.52. The molecule has 1 nitrogen and oxygen atoms in total. The highest BCUT2D eigenvalue weighted by atomic mass is 15.1. The maximum Gasteiger partial charge on any atom is 0.0408 e. The molecule has 0 aliphatic heterocycles. The first-order valence-corrected chi connectivity index (χ1v) is 4.98. The van der Waals surface area contributed by atoms with Crippen molar-refractivity contribution in [2.75, 3.05) is 11.9 Å². The standard InChI is InChI=1S/C14H14N/c1-12-8-10-14(11-9-12)15(2)13-6-4-3-5-7-13/h3-11H,1H2,2H3. The SMILES string of the molecule is [CH2]c1ccc(N(C)c2ccccc2)cc1. The Bertz CT molecular complexity index is 417. The first kappa shape index (κ1) is 9.78. The Balaban J connectivity index is 2.29. The molecule has 0 saturated heterocycles. The van der Waals surface area contributed by atoms with E-state index in [9.17, 15) is 0 Å². The van der Waals surface area contributed by atoms with Gasteiger partial charge >= 0.3 is 0 Å². The molecule has 0 unspecified atom stereocenters. The van der Waals surface area contributed by atoms with Gasteiger partial charge in [-0.2, -0.15) is 0 Å². The molecule has 0 N–H and O–H groups in total. The van der Waals surface area contributed by atoms with Crippen LogP contribution in [0.4, 0.5) is 11.4 Å². The molecule has 0 saturated carbocycles. The lowest BCUT2D eigenvalue weighted by Crippen LogP contribution is -2.08. The van der Waals surface area contributed by atoms with Gasteiger partial charge in [-0.3, -0.25) is 0 Å². The summed E-state index contributed by atoms with van der Waals surface area (Å²) in [5.41, 5.74) is 3.41. The number of hydrogen-bond acceptors (Lipinski definition) is 1. The number of nitrogens with zero attached hydrogens (tertiary/aromatic N) is 1. The van der Waals surface area contributed by atoms with Crippen molar-refractivity contribution >= 4 is 11.4 Å². The monoisotopic (exact) mass is 196 g/mol. The average Bonchev–Trinajstić information content (AvgIpc) is 2.30. The molecular weight excluding hydrogens is 182 g/mol. The van der Waals surface area contributed by atoms with Gasteiger partial charge in [-0.25, -0.2) is 0 Å². The van der Waals surface area contributed by atoms with Crippen LogP contribution in [0.3, 0.4) is 0 Å². The molecule has 75 valence electrons. The third kappa shape index (κ3) is 2.18. The van der Waals surface area contributed by atoms with Crippen LogP contribution in [0.25, 0.3) is 0 Å². The van der Waals surface area contributed by atoms with Gasteiger partial charge in [-0.05, 0) is 36.8 Å². The molecule has 2 rings (SSSR count). The second-order valence-electron chi connectivity index (χ2n) is 3.56. The molecule has 0 fully saturated rings. The van der Waals surface area contributed by atoms with Crippen molar-refractivity contribution in [2.45, 2.75) is 0 Å². The average molecular weight is 196 g/mol. The second-order valence-corrected chi connectivity index (χ2v) is 3.56. The summed E-state index contributed by atoms with van der Waals surface area (Å²) in [6, 6.07) is 18.5. The van der Waals surface area contributed by atoms with Gasteiger partial charge in [0, 0.05) is 18.4 Å². The lowest BCUT2D eigenvalue weighted by atomic mass is 10.2. The molecule has 2 aromatic carbocycles. The van der Waals surface area contributed by atoms with Crippen molar-refractivity contribution in [1.82, 2.24) is 0 Å². The molecule has 1 radical (unpaired) electrons. The summed E-state index contributed by atoms with van der Waals surface area (Å²) in [6.45, 7) is 3.88. The first-order chi connectivity index (χ1) is 7.27. The van der Waals surface area contributed by atoms with Crippen LogP contribution in [0.2, 0.25) is 0 Å². The van der Waals surface area contributed by atoms with E-state index >= 15 is 0 Å². The van der Waals surface area contributed by atoms with Crippen LogP contribution in [0.15, 0.2) is 54.6 Å². The van der Waals surface area contributed by atoms with Crippen LogP contribution in [0, 0.1) is 6.92 Å². The zero-order valence-corrected chi connectivity index (χ0v) is 8.85. The van der Waals surface area contributed by atoms with Crippen molar-refractivity contribution in [3.8, 4) is 0 Å². The molecule has 1 heteroatoms. The Morgan fingerprint density at radius 3 is 1.93 bits per heavy atom. The lowest BCUT2D eigenvalue weighted by molar-refractivity contribution is 1.21. The van der Waals surface area contributed by atoms with Gasteiger partial charge in [0.05, 0.1) is 0 Å². The number of para-hydroxylation sites is 1. The summed E-state index contributed by atoms with van der Waals surface area (Å²) < 4.78 is 0. The predicted molar refractivity (Wildman–Crippen MR) is 65.4 cm³/mol. The fraction of sp³-hybridized carbons (Fsp3) is 0.0714. The second kappa shape index (κ2) is 4.18. The topological polar surface area (TPSA) is 3.24 Å². The van der Waals surface area contributed by atoms with Crippen molar-refractivity contribution in [3.63, 3.8) is 0 Å². The summed E-state index contributed by atoms with van der Waals surface area (Å²) in [6.07, 6.45) is 0. The Morgan fingerprint density at radius 1 is 0.800 bits per heavy atom. The zero-order chi connectivity index (χ0) is 10.7. The Labute approximate surface area is 91.0 Å². The quantitative estimate of drug-likeness (QED) is 0.708. The fourth-order valence-electron chi connectivity index (χ4n) is 1.52. The van der Waals surface area contributed by atoms with Gasteiger partial charge in [0.1, 0.15) is 0 Å². The summed E-state index contributed by atoms with van der Waals surface area (Å²) in [5.74, 6) is 0. The predicted octanol–water partition coefficient (Wildman–Crippen LogP) is 3.64. The number of benzene rings is 2. The molecule has 0 spiro atoms. The number of hydrogen-bond donors (Lipinski definition) is 0. The zero-order valence-electron chi connectivity index (χ0n) is 8.85. The van der Waals surface area contributed by atoms with Crippen LogP contribution >= 0.6 is 0 Å². The minimum atomic E-state index is 1.04. The van der Waals surface area contributed by atoms with Crippen LogP contribution < -0.4 is 4.90 Å². The molecule has 0 aromatic heterocycles. The maximum atomic E-state index is 3.88. The Morgan fingerprint density at radius 2 is 1.33 bits per heavy atom. The van der Waals surface area contributed by atoms with Crippen LogP contribution in [0.5, 0.6) is 0 Å². The lowest BCUT2D eigenvalue weighted by Gasteiger charge is -2.19. The van der Waals surface area contributed by atoms with Crippen LogP contribution in [-0.2, 0) is 0 Å². The highest BCUT2D eigenvalue weighted by Crippen LogP contribution is 2.22. The summed E-state index contributed by atoms with van der Waals surface area (Å²) >= 11 is 0. The smallest absolute Gasteiger partial charge is 0.0408 e. The largest absolute Gasteiger partial charge is 0.345 e. The van der Waals surface area contributed by atoms with Crippen molar-refractivity contribution in [3.05, 3.63) is 67.1 Å². The van der Waals surface area contributed by atoms with E-state index in [0.717, 1.165) is 5.56 Å². The summed E-state index contributed by atoms with van der Waals surface area (Å²) in [4.78, 5) is 2.15. The van der Waals surface area contributed by atoms with E-state index in [1.807, 2.05) is 30.3 Å². The van der Waals surface area contributed by atoms with E-state index < -0.39 is 0 Å². The third-order valence-corrected chi connectivity index (χ3v) is 2.47. The minimum Gasteiger partial charge on any atom is -0.345 e. The summed E-state index contributed by atoms with van der Waals surface area (Å²) in [5, 5.41) is 0. The van der Waals surface area contributed by atoms with Crippen LogP contribution in [-0.4, -0.2) is 7.05 Å². The van der Waals surface area contributed by atoms with Gasteiger partial charge < -0.3 is 4.90 Å².